The van der Waals surface area contributed by atoms with Gasteiger partial charge in [-0.05, 0) is 63.1 Å². The summed E-state index contributed by atoms with van der Waals surface area (Å²) in [7, 11) is -4.00. The van der Waals surface area contributed by atoms with Crippen LogP contribution in [0.15, 0.2) is 71.6 Å². The number of sulfonamides is 1. The summed E-state index contributed by atoms with van der Waals surface area (Å²) in [6.45, 7) is 7.17. The Hall–Kier alpha value is -2.83. The van der Waals surface area contributed by atoms with E-state index in [2.05, 4.69) is 5.32 Å². The number of anilines is 1. The van der Waals surface area contributed by atoms with E-state index in [1.807, 2.05) is 45.0 Å². The van der Waals surface area contributed by atoms with Crippen molar-refractivity contribution in [1.29, 1.82) is 0 Å². The van der Waals surface area contributed by atoms with Crippen LogP contribution < -0.4 is 9.62 Å². The van der Waals surface area contributed by atoms with Gasteiger partial charge in [0.2, 0.25) is 5.91 Å². The van der Waals surface area contributed by atoms with E-state index >= 15 is 0 Å². The zero-order chi connectivity index (χ0) is 23.5. The Morgan fingerprint density at radius 1 is 0.938 bits per heavy atom. The molecular weight excluding hydrogens is 444 g/mol. The van der Waals surface area contributed by atoms with Gasteiger partial charge in [-0.1, -0.05) is 65.2 Å². The highest BCUT2D eigenvalue weighted by molar-refractivity contribution is 7.92. The fourth-order valence-electron chi connectivity index (χ4n) is 3.34. The summed E-state index contributed by atoms with van der Waals surface area (Å²) in [5, 5.41) is 3.30. The summed E-state index contributed by atoms with van der Waals surface area (Å²) in [6, 6.07) is 19.1. The summed E-state index contributed by atoms with van der Waals surface area (Å²) in [5.74, 6) is -0.409. The van der Waals surface area contributed by atoms with E-state index in [1.54, 1.807) is 49.4 Å². The van der Waals surface area contributed by atoms with Crippen LogP contribution >= 0.6 is 11.6 Å². The van der Waals surface area contributed by atoms with E-state index in [0.29, 0.717) is 16.3 Å². The number of hydrogen-bond donors (Lipinski definition) is 1. The highest BCUT2D eigenvalue weighted by Gasteiger charge is 2.29. The molecule has 0 heterocycles. The number of rotatable bonds is 7. The van der Waals surface area contributed by atoms with Crippen LogP contribution in [-0.4, -0.2) is 20.9 Å². The predicted octanol–water partition coefficient (Wildman–Crippen LogP) is 5.34. The first-order chi connectivity index (χ1) is 15.1. The third-order valence-electron chi connectivity index (χ3n) is 5.29. The number of amides is 1. The van der Waals surface area contributed by atoms with Gasteiger partial charge in [-0.3, -0.25) is 9.10 Å². The van der Waals surface area contributed by atoms with Gasteiger partial charge in [0.1, 0.15) is 6.54 Å². The topological polar surface area (TPSA) is 66.5 Å². The molecule has 3 aromatic carbocycles. The molecule has 0 saturated heterocycles. The molecule has 1 amide bonds. The largest absolute Gasteiger partial charge is 0.348 e. The number of halogens is 1. The monoisotopic (exact) mass is 470 g/mol. The zero-order valence-corrected chi connectivity index (χ0v) is 20.2. The number of hydrogen-bond acceptors (Lipinski definition) is 3. The first-order valence-corrected chi connectivity index (χ1v) is 12.1. The van der Waals surface area contributed by atoms with E-state index in [0.717, 1.165) is 21.0 Å². The van der Waals surface area contributed by atoms with Crippen LogP contribution in [-0.2, 0) is 14.8 Å². The van der Waals surface area contributed by atoms with Crippen LogP contribution in [0.3, 0.4) is 0 Å². The fourth-order valence-corrected chi connectivity index (χ4v) is 4.99. The number of nitrogens with zero attached hydrogens (tertiary/aromatic N) is 1. The first-order valence-electron chi connectivity index (χ1n) is 10.3. The highest BCUT2D eigenvalue weighted by atomic mass is 35.5. The second-order valence-corrected chi connectivity index (χ2v) is 10.3. The molecule has 0 spiro atoms. The number of nitrogens with one attached hydrogen (secondary N) is 1. The van der Waals surface area contributed by atoms with Crippen LogP contribution in [0.5, 0.6) is 0 Å². The van der Waals surface area contributed by atoms with Crippen LogP contribution in [0.25, 0.3) is 0 Å². The molecule has 0 radical (unpaired) electrons. The molecule has 32 heavy (non-hydrogen) atoms. The predicted molar refractivity (Wildman–Crippen MR) is 130 cm³/mol. The molecule has 1 N–H and O–H groups in total. The van der Waals surface area contributed by atoms with Gasteiger partial charge in [-0.2, -0.15) is 0 Å². The zero-order valence-electron chi connectivity index (χ0n) is 18.6. The van der Waals surface area contributed by atoms with Gasteiger partial charge in [0, 0.05) is 5.02 Å². The molecule has 0 bridgehead atoms. The van der Waals surface area contributed by atoms with Crippen molar-refractivity contribution in [1.82, 2.24) is 5.32 Å². The fraction of sp³-hybridized carbons (Fsp3) is 0.240. The van der Waals surface area contributed by atoms with Gasteiger partial charge in [0.05, 0.1) is 16.6 Å². The van der Waals surface area contributed by atoms with E-state index in [4.69, 9.17) is 11.6 Å². The summed E-state index contributed by atoms with van der Waals surface area (Å²) >= 11 is 6.17. The van der Waals surface area contributed by atoms with Crippen LogP contribution in [0.1, 0.15) is 35.2 Å². The van der Waals surface area contributed by atoms with Gasteiger partial charge in [0.15, 0.2) is 0 Å². The van der Waals surface area contributed by atoms with Crippen molar-refractivity contribution in [3.8, 4) is 0 Å². The van der Waals surface area contributed by atoms with E-state index in [9.17, 15) is 13.2 Å². The number of carbonyl (C=O) groups is 1. The lowest BCUT2D eigenvalue weighted by Gasteiger charge is -2.26. The molecule has 0 aliphatic heterocycles. The van der Waals surface area contributed by atoms with Gasteiger partial charge in [-0.25, -0.2) is 8.42 Å². The highest BCUT2D eigenvalue weighted by Crippen LogP contribution is 2.29. The van der Waals surface area contributed by atoms with Crippen LogP contribution in [0, 0.1) is 20.8 Å². The Bertz CT molecular complexity index is 1210. The Kier molecular flexibility index (Phi) is 7.26. The van der Waals surface area contributed by atoms with Crippen molar-refractivity contribution in [2.24, 2.45) is 0 Å². The lowest BCUT2D eigenvalue weighted by molar-refractivity contribution is -0.120. The molecule has 1 unspecified atom stereocenters. The van der Waals surface area contributed by atoms with E-state index in [1.165, 1.54) is 0 Å². The van der Waals surface area contributed by atoms with Crippen LogP contribution in [0.4, 0.5) is 5.69 Å². The first kappa shape index (κ1) is 23.8. The average molecular weight is 471 g/mol. The summed E-state index contributed by atoms with van der Waals surface area (Å²) in [4.78, 5) is 13.1. The van der Waals surface area contributed by atoms with E-state index in [-0.39, 0.29) is 17.5 Å². The molecule has 1 atom stereocenters. The van der Waals surface area contributed by atoms with Crippen molar-refractivity contribution in [2.45, 2.75) is 38.6 Å². The molecule has 5 nitrogen and oxygen atoms in total. The van der Waals surface area contributed by atoms with Gasteiger partial charge >= 0.3 is 0 Å². The smallest absolute Gasteiger partial charge is 0.264 e. The molecule has 0 aromatic heterocycles. The molecule has 3 rings (SSSR count). The second kappa shape index (κ2) is 9.76. The Labute approximate surface area is 195 Å². The summed E-state index contributed by atoms with van der Waals surface area (Å²) in [6.07, 6.45) is 0. The number of benzene rings is 3. The standard InChI is InChI=1S/C25H27ClN2O3S/c1-17-5-10-21(11-6-17)20(4)27-25(29)16-28(24-15-22(26)12-9-19(24)3)32(30,31)23-13-7-18(2)8-14-23/h5-15,20H,16H2,1-4H3,(H,27,29). The summed E-state index contributed by atoms with van der Waals surface area (Å²) in [5.41, 5.74) is 4.08. The number of carbonyl (C=O) groups excluding carboxylic acids is 1. The maximum absolute atomic E-state index is 13.5. The molecule has 0 fully saturated rings. The SMILES string of the molecule is Cc1ccc(C(C)NC(=O)CN(c2cc(Cl)ccc2C)S(=O)(=O)c2ccc(C)cc2)cc1. The average Bonchev–Trinajstić information content (AvgIpc) is 2.74. The van der Waals surface area contributed by atoms with Crippen molar-refractivity contribution in [3.05, 3.63) is 94.0 Å². The minimum Gasteiger partial charge on any atom is -0.348 e. The quantitative estimate of drug-likeness (QED) is 0.507. The molecule has 3 aromatic rings. The maximum Gasteiger partial charge on any atom is 0.264 e. The third kappa shape index (κ3) is 5.50. The van der Waals surface area contributed by atoms with Crippen molar-refractivity contribution in [3.63, 3.8) is 0 Å². The Morgan fingerprint density at radius 3 is 2.09 bits per heavy atom. The Morgan fingerprint density at radius 2 is 1.50 bits per heavy atom. The second-order valence-electron chi connectivity index (χ2n) is 7.96. The van der Waals surface area contributed by atoms with Crippen molar-refractivity contribution in [2.75, 3.05) is 10.8 Å². The Balaban J connectivity index is 1.94. The van der Waals surface area contributed by atoms with E-state index < -0.39 is 15.9 Å². The van der Waals surface area contributed by atoms with Gasteiger partial charge in [0.25, 0.3) is 10.0 Å². The minimum absolute atomic E-state index is 0.113. The molecule has 7 heteroatoms. The third-order valence-corrected chi connectivity index (χ3v) is 7.30. The minimum atomic E-state index is -4.00. The molecular formula is C25H27ClN2O3S. The number of aryl methyl sites for hydroxylation is 3. The lowest BCUT2D eigenvalue weighted by Crippen LogP contribution is -2.42. The molecule has 168 valence electrons. The maximum atomic E-state index is 13.5. The molecule has 0 aliphatic carbocycles. The van der Waals surface area contributed by atoms with Crippen molar-refractivity contribution < 1.29 is 13.2 Å². The normalized spacial score (nSPS) is 12.3. The summed E-state index contributed by atoms with van der Waals surface area (Å²) < 4.78 is 28.2. The van der Waals surface area contributed by atoms with Gasteiger partial charge < -0.3 is 5.32 Å². The molecule has 0 aliphatic rings. The van der Waals surface area contributed by atoms with Crippen LogP contribution in [0.2, 0.25) is 5.02 Å². The molecule has 0 saturated carbocycles. The van der Waals surface area contributed by atoms with Crippen molar-refractivity contribution >= 4 is 33.2 Å². The van der Waals surface area contributed by atoms with Gasteiger partial charge in [-0.15, -0.1) is 0 Å². The lowest BCUT2D eigenvalue weighted by atomic mass is 10.1.